The lowest BCUT2D eigenvalue weighted by Gasteiger charge is -2.57. The lowest BCUT2D eigenvalue weighted by atomic mass is 9.44. The molecule has 8 aromatic rings. The molecular weight excluding hydrogens is 908 g/mol. The number of hydrogen-bond acceptors (Lipinski definition) is 2. The van der Waals surface area contributed by atoms with Crippen LogP contribution >= 0.6 is 0 Å². The quantitative estimate of drug-likeness (QED) is 0.164. The van der Waals surface area contributed by atoms with E-state index in [2.05, 4.69) is 168 Å². The van der Waals surface area contributed by atoms with Gasteiger partial charge < -0.3 is 8.90 Å². The Bertz CT molecular complexity index is 3740. The molecule has 0 spiro atoms. The molecule has 0 saturated heterocycles. The van der Waals surface area contributed by atoms with Crippen molar-refractivity contribution in [1.82, 2.24) is 4.48 Å². The number of aryl methyl sites for hydroxylation is 1. The average molecular weight is 983 g/mol. The van der Waals surface area contributed by atoms with Gasteiger partial charge in [-0.25, -0.2) is 0 Å². The van der Waals surface area contributed by atoms with Crippen molar-refractivity contribution in [2.75, 3.05) is 4.90 Å². The van der Waals surface area contributed by atoms with Gasteiger partial charge >= 0.3 is 6.85 Å². The first kappa shape index (κ1) is 44.6. The molecule has 8 bridgehead atoms. The first-order valence-electron chi connectivity index (χ1n) is 29.9. The second kappa shape index (κ2) is 14.6. The molecule has 2 aliphatic heterocycles. The van der Waals surface area contributed by atoms with Crippen molar-refractivity contribution in [2.24, 2.45) is 35.5 Å². The number of rotatable bonds is 4. The maximum Gasteiger partial charge on any atom is 0.337 e. The van der Waals surface area contributed by atoms with Gasteiger partial charge in [0, 0.05) is 49.5 Å². The Morgan fingerprint density at radius 2 is 1.13 bits per heavy atom. The third-order valence-electron chi connectivity index (χ3n) is 22.9. The molecule has 9 aliphatic carbocycles. The highest BCUT2D eigenvalue weighted by Crippen LogP contribution is 2.64. The van der Waals surface area contributed by atoms with Crippen LogP contribution in [0.1, 0.15) is 172 Å². The van der Waals surface area contributed by atoms with E-state index in [1.165, 1.54) is 184 Å². The fourth-order valence-corrected chi connectivity index (χ4v) is 20.1. The number of anilines is 3. The molecular formula is C71H75BN2O. The number of fused-ring (bicyclic) bond motifs is 10. The Morgan fingerprint density at radius 1 is 0.533 bits per heavy atom. The molecule has 0 unspecified atom stereocenters. The van der Waals surface area contributed by atoms with Gasteiger partial charge in [0.15, 0.2) is 0 Å². The highest BCUT2D eigenvalue weighted by atomic mass is 16.4. The zero-order valence-electron chi connectivity index (χ0n) is 46.1. The van der Waals surface area contributed by atoms with Crippen molar-refractivity contribution < 1.29 is 4.42 Å². The number of benzene rings is 6. The Morgan fingerprint density at radius 3 is 1.76 bits per heavy atom. The van der Waals surface area contributed by atoms with Crippen LogP contribution in [0.5, 0.6) is 0 Å². The number of furan rings is 1. The Labute approximate surface area is 446 Å². The summed E-state index contributed by atoms with van der Waals surface area (Å²) in [6, 6.07) is 42.4. The number of aromatic nitrogens is 1. The second-order valence-corrected chi connectivity index (χ2v) is 29.7. The molecule has 2 aromatic heterocycles. The van der Waals surface area contributed by atoms with Crippen molar-refractivity contribution >= 4 is 67.8 Å². The minimum absolute atomic E-state index is 0.0186. The predicted octanol–water partition coefficient (Wildman–Crippen LogP) is 17.5. The summed E-state index contributed by atoms with van der Waals surface area (Å²) in [5.41, 5.74) is 24.0. The largest absolute Gasteiger partial charge is 0.440 e. The topological polar surface area (TPSA) is 21.3 Å². The van der Waals surface area contributed by atoms with Gasteiger partial charge in [0.1, 0.15) is 5.58 Å². The minimum atomic E-state index is -0.0711. The van der Waals surface area contributed by atoms with Crippen molar-refractivity contribution in [3.63, 3.8) is 0 Å². The van der Waals surface area contributed by atoms with E-state index in [1.54, 1.807) is 11.1 Å². The van der Waals surface area contributed by atoms with Crippen molar-refractivity contribution in [3.8, 4) is 22.3 Å². The molecule has 4 heteroatoms. The first-order chi connectivity index (χ1) is 36.0. The van der Waals surface area contributed by atoms with E-state index in [4.69, 9.17) is 4.42 Å². The molecule has 4 heterocycles. The maximum absolute atomic E-state index is 7.77. The fraction of sp³-hybridized carbons (Fsp3) is 0.465. The fourth-order valence-electron chi connectivity index (χ4n) is 20.1. The molecule has 8 fully saturated rings. The molecule has 0 N–H and O–H groups in total. The second-order valence-electron chi connectivity index (χ2n) is 29.7. The van der Waals surface area contributed by atoms with E-state index in [0.717, 1.165) is 47.0 Å². The van der Waals surface area contributed by atoms with E-state index in [9.17, 15) is 0 Å². The molecule has 11 aliphatic rings. The zero-order chi connectivity index (χ0) is 50.4. The van der Waals surface area contributed by atoms with Crippen molar-refractivity contribution in [3.05, 3.63) is 137 Å². The smallest absolute Gasteiger partial charge is 0.337 e. The molecule has 378 valence electrons. The van der Waals surface area contributed by atoms with Crippen LogP contribution in [0.15, 0.2) is 108 Å². The van der Waals surface area contributed by atoms with Gasteiger partial charge in [0.05, 0.1) is 5.69 Å². The SMILES string of the molecule is Cc1cc2c3c(c1)N(c1ccc(C(C)(C)C)cc1-c1ccccc1)c1oc4cc5c(cc4c1B3n1c3ccc(C46CC7CC(CC(C7)C4)C6)cc3c3cc(C46CC7CC(CC(C7)C4)C6)cc-2c31)C(C)(C)CCC5(C)C. The van der Waals surface area contributed by atoms with Crippen LogP contribution in [0, 0.1) is 42.4 Å². The normalized spacial score (nSPS) is 29.9. The molecule has 0 atom stereocenters. The van der Waals surface area contributed by atoms with Crippen LogP contribution in [-0.2, 0) is 27.1 Å². The standard InChI is InChI=1S/C71H75BN2O/c1-40-20-53-55-31-50(71-37-44-25-45(38-71)27-46(26-44)39-71)30-54-52-29-49(70-34-41-22-42(35-70)24-43(23-41)36-70)15-17-60(52)74(65(54)55)72-63(53)61(21-40)73(59-16-14-48(67(2,3)4)28-51(59)47-12-10-9-11-13-47)66-64(72)56-32-57-58(33-62(56)75-66)69(7,8)19-18-68(57,5)6/h9-17,20-21,28-33,41-46H,18-19,22-27,34-39H2,1-8H3. The van der Waals surface area contributed by atoms with Crippen LogP contribution in [0.25, 0.3) is 55.0 Å². The third kappa shape index (κ3) is 6.07. The van der Waals surface area contributed by atoms with Gasteiger partial charge in [-0.15, -0.1) is 0 Å². The summed E-state index contributed by atoms with van der Waals surface area (Å²) in [4.78, 5) is 2.60. The molecule has 19 rings (SSSR count). The van der Waals surface area contributed by atoms with Gasteiger partial charge in [0.25, 0.3) is 0 Å². The van der Waals surface area contributed by atoms with Gasteiger partial charge in [-0.3, -0.25) is 4.90 Å². The van der Waals surface area contributed by atoms with Gasteiger partial charge in [-0.2, -0.15) is 0 Å². The van der Waals surface area contributed by atoms with Gasteiger partial charge in [-0.05, 0) is 264 Å². The van der Waals surface area contributed by atoms with Crippen molar-refractivity contribution in [1.29, 1.82) is 0 Å². The zero-order valence-corrected chi connectivity index (χ0v) is 46.1. The van der Waals surface area contributed by atoms with E-state index in [-0.39, 0.29) is 28.5 Å². The third-order valence-corrected chi connectivity index (χ3v) is 22.9. The summed E-state index contributed by atoms with van der Waals surface area (Å²) in [5.74, 6) is 6.36. The van der Waals surface area contributed by atoms with Gasteiger partial charge in [-0.1, -0.05) is 97.0 Å². The average Bonchev–Trinajstić information content (AvgIpc) is 3.98. The summed E-state index contributed by atoms with van der Waals surface area (Å²) in [6.07, 6.45) is 19.5. The monoisotopic (exact) mass is 983 g/mol. The highest BCUT2D eigenvalue weighted by molar-refractivity contribution is 6.91. The lowest BCUT2D eigenvalue weighted by Crippen LogP contribution is -2.56. The van der Waals surface area contributed by atoms with Crippen LogP contribution in [0.3, 0.4) is 0 Å². The summed E-state index contributed by atoms with van der Waals surface area (Å²) < 4.78 is 10.6. The van der Waals surface area contributed by atoms with E-state index in [1.807, 2.05) is 0 Å². The first-order valence-corrected chi connectivity index (χ1v) is 29.9. The van der Waals surface area contributed by atoms with Crippen molar-refractivity contribution in [2.45, 2.75) is 172 Å². The van der Waals surface area contributed by atoms with E-state index in [0.29, 0.717) is 5.41 Å². The lowest BCUT2D eigenvalue weighted by molar-refractivity contribution is -0.00527. The highest BCUT2D eigenvalue weighted by Gasteiger charge is 2.55. The Kier molecular flexibility index (Phi) is 8.66. The molecule has 6 aromatic carbocycles. The van der Waals surface area contributed by atoms with Crippen LogP contribution < -0.4 is 15.8 Å². The molecule has 0 amide bonds. The summed E-state index contributed by atoms with van der Waals surface area (Å²) in [6.45, 7) is 19.3. The Balaban J connectivity index is 0.994. The van der Waals surface area contributed by atoms with Crippen LogP contribution in [0.4, 0.5) is 17.3 Å². The van der Waals surface area contributed by atoms with Gasteiger partial charge in [0.2, 0.25) is 5.88 Å². The summed E-state index contributed by atoms with van der Waals surface area (Å²) in [5, 5.41) is 4.29. The number of hydrogen-bond donors (Lipinski definition) is 0. The minimum Gasteiger partial charge on any atom is -0.440 e. The molecule has 3 nitrogen and oxygen atoms in total. The summed E-state index contributed by atoms with van der Waals surface area (Å²) in [7, 11) is 0. The van der Waals surface area contributed by atoms with Crippen LogP contribution in [-0.4, -0.2) is 11.3 Å². The van der Waals surface area contributed by atoms with E-state index >= 15 is 0 Å². The Hall–Kier alpha value is -5.48. The molecule has 8 saturated carbocycles. The van der Waals surface area contributed by atoms with Crippen LogP contribution in [0.2, 0.25) is 0 Å². The molecule has 75 heavy (non-hydrogen) atoms. The molecule has 0 radical (unpaired) electrons. The van der Waals surface area contributed by atoms with E-state index < -0.39 is 0 Å². The predicted molar refractivity (Wildman–Crippen MR) is 314 cm³/mol. The maximum atomic E-state index is 7.77. The number of nitrogens with zero attached hydrogens (tertiary/aromatic N) is 2. The summed E-state index contributed by atoms with van der Waals surface area (Å²) >= 11 is 0.